The molecule has 0 amide bonds. The second-order valence-corrected chi connectivity index (χ2v) is 10.2. The lowest BCUT2D eigenvalue weighted by molar-refractivity contribution is -0.0775. The molecular weight excluding hydrogens is 366 g/mol. The Morgan fingerprint density at radius 2 is 1.96 bits per heavy atom. The highest BCUT2D eigenvalue weighted by Gasteiger charge is 2.54. The van der Waals surface area contributed by atoms with Crippen LogP contribution in [0, 0.1) is 12.8 Å². The average molecular weight is 396 g/mol. The number of aryl methyl sites for hydroxylation is 1. The van der Waals surface area contributed by atoms with Crippen molar-refractivity contribution in [1.29, 1.82) is 0 Å². The zero-order chi connectivity index (χ0) is 19.2. The topological polar surface area (TPSA) is 72.0 Å². The molecule has 0 radical (unpaired) electrons. The van der Waals surface area contributed by atoms with E-state index in [1.165, 1.54) is 24.3 Å². The molecule has 4 rings (SSSR count). The molecule has 3 aliphatic rings. The van der Waals surface area contributed by atoms with Crippen LogP contribution in [0.15, 0.2) is 17.0 Å². The Kier molecular flexibility index (Phi) is 4.95. The number of nitrogens with zero attached hydrogens (tertiary/aromatic N) is 3. The Hall–Kier alpha value is -1.22. The van der Waals surface area contributed by atoms with E-state index in [9.17, 15) is 8.42 Å². The number of hydrogen-bond donors (Lipinski definition) is 0. The summed E-state index contributed by atoms with van der Waals surface area (Å²) >= 11 is 0. The number of pyridine rings is 1. The van der Waals surface area contributed by atoms with Crippen molar-refractivity contribution in [3.8, 4) is 5.88 Å². The van der Waals surface area contributed by atoms with E-state index >= 15 is 0 Å². The fourth-order valence-corrected chi connectivity index (χ4v) is 6.23. The van der Waals surface area contributed by atoms with Gasteiger partial charge in [-0.1, -0.05) is 6.92 Å². The van der Waals surface area contributed by atoms with Crippen LogP contribution in [-0.4, -0.2) is 74.1 Å². The van der Waals surface area contributed by atoms with Crippen LogP contribution in [0.5, 0.6) is 5.88 Å². The van der Waals surface area contributed by atoms with Crippen molar-refractivity contribution in [2.75, 3.05) is 39.9 Å². The van der Waals surface area contributed by atoms with E-state index in [0.717, 1.165) is 25.4 Å². The van der Waals surface area contributed by atoms with Crippen LogP contribution in [0.3, 0.4) is 0 Å². The average Bonchev–Trinajstić information content (AvgIpc) is 3.06. The second kappa shape index (κ2) is 6.99. The van der Waals surface area contributed by atoms with E-state index in [1.807, 2.05) is 0 Å². The summed E-state index contributed by atoms with van der Waals surface area (Å²) in [6.45, 7) is 7.85. The van der Waals surface area contributed by atoms with Crippen LogP contribution in [-0.2, 0) is 14.8 Å². The third-order valence-corrected chi connectivity index (χ3v) is 8.22. The minimum absolute atomic E-state index is 0.248. The van der Waals surface area contributed by atoms with Crippen molar-refractivity contribution in [1.82, 2.24) is 14.2 Å². The monoisotopic (exact) mass is 395 g/mol. The minimum Gasteiger partial charge on any atom is -0.481 e. The summed E-state index contributed by atoms with van der Waals surface area (Å²) < 4.78 is 38.6. The number of aromatic nitrogens is 1. The van der Waals surface area contributed by atoms with Gasteiger partial charge in [0.2, 0.25) is 15.9 Å². The van der Waals surface area contributed by atoms with Gasteiger partial charge < -0.3 is 9.47 Å². The number of ether oxygens (including phenoxy) is 2. The molecule has 1 atom stereocenters. The lowest BCUT2D eigenvalue weighted by atomic mass is 9.90. The van der Waals surface area contributed by atoms with Gasteiger partial charge in [-0.3, -0.25) is 4.90 Å². The molecule has 3 saturated heterocycles. The highest BCUT2D eigenvalue weighted by atomic mass is 32.2. The SMILES string of the molecule is COc1ccc(S(=O)(=O)N2CC3(CC(N4CCC(C)CC4)CO3)C2)c(C)n1. The first-order valence-electron chi connectivity index (χ1n) is 9.73. The molecule has 8 heteroatoms. The molecule has 1 unspecified atom stereocenters. The van der Waals surface area contributed by atoms with Crippen LogP contribution in [0.4, 0.5) is 0 Å². The summed E-state index contributed by atoms with van der Waals surface area (Å²) in [5.74, 6) is 1.23. The standard InChI is InChI=1S/C19H29N3O4S/c1-14-6-8-21(9-7-14)16-10-19(26-11-16)12-22(13-19)27(23,24)17-4-5-18(25-3)20-15(17)2/h4-5,14,16H,6-13H2,1-3H3. The van der Waals surface area contributed by atoms with Gasteiger partial charge in [0, 0.05) is 25.2 Å². The normalized spacial score (nSPS) is 27.0. The van der Waals surface area contributed by atoms with Gasteiger partial charge in [0.1, 0.15) is 4.90 Å². The van der Waals surface area contributed by atoms with Crippen LogP contribution in [0.25, 0.3) is 0 Å². The minimum atomic E-state index is -3.55. The van der Waals surface area contributed by atoms with E-state index in [-0.39, 0.29) is 10.5 Å². The number of likely N-dealkylation sites (tertiary alicyclic amines) is 1. The molecule has 27 heavy (non-hydrogen) atoms. The molecule has 150 valence electrons. The Morgan fingerprint density at radius 1 is 1.26 bits per heavy atom. The summed E-state index contributed by atoms with van der Waals surface area (Å²) in [6.07, 6.45) is 3.41. The number of hydrogen-bond acceptors (Lipinski definition) is 6. The van der Waals surface area contributed by atoms with Crippen LogP contribution in [0.2, 0.25) is 0 Å². The number of methoxy groups -OCH3 is 1. The predicted molar refractivity (Wildman–Crippen MR) is 101 cm³/mol. The summed E-state index contributed by atoms with van der Waals surface area (Å²) in [4.78, 5) is 6.98. The van der Waals surface area contributed by atoms with Crippen LogP contribution >= 0.6 is 0 Å². The summed E-state index contributed by atoms with van der Waals surface area (Å²) in [5, 5.41) is 0. The molecule has 0 N–H and O–H groups in total. The van der Waals surface area contributed by atoms with Crippen molar-refractivity contribution in [2.45, 2.75) is 49.6 Å². The summed E-state index contributed by atoms with van der Waals surface area (Å²) in [7, 11) is -2.03. The van der Waals surface area contributed by atoms with Gasteiger partial charge in [0.25, 0.3) is 0 Å². The van der Waals surface area contributed by atoms with Crippen LogP contribution < -0.4 is 4.74 Å². The molecule has 3 fully saturated rings. The van der Waals surface area contributed by atoms with E-state index < -0.39 is 10.0 Å². The zero-order valence-corrected chi connectivity index (χ0v) is 17.2. The zero-order valence-electron chi connectivity index (χ0n) is 16.3. The maximum atomic E-state index is 13.0. The fourth-order valence-electron chi connectivity index (χ4n) is 4.49. The second-order valence-electron chi connectivity index (χ2n) is 8.28. The third-order valence-electron chi connectivity index (χ3n) is 6.29. The Bertz CT molecular complexity index is 799. The maximum absolute atomic E-state index is 13.0. The van der Waals surface area contributed by atoms with E-state index in [2.05, 4.69) is 16.8 Å². The molecule has 1 aromatic rings. The Labute approximate surface area is 161 Å². The maximum Gasteiger partial charge on any atom is 0.245 e. The number of piperidine rings is 1. The van der Waals surface area contributed by atoms with Crippen molar-refractivity contribution in [2.24, 2.45) is 5.92 Å². The highest BCUT2D eigenvalue weighted by molar-refractivity contribution is 7.89. The molecule has 0 aromatic carbocycles. The Morgan fingerprint density at radius 3 is 2.59 bits per heavy atom. The lowest BCUT2D eigenvalue weighted by Crippen LogP contribution is -2.63. The van der Waals surface area contributed by atoms with Gasteiger partial charge in [0.15, 0.2) is 0 Å². The largest absolute Gasteiger partial charge is 0.481 e. The summed E-state index contributed by atoms with van der Waals surface area (Å²) in [5.41, 5.74) is 0.150. The molecule has 4 heterocycles. The molecular formula is C19H29N3O4S. The lowest BCUT2D eigenvalue weighted by Gasteiger charge is -2.46. The first-order chi connectivity index (χ1) is 12.8. The van der Waals surface area contributed by atoms with Gasteiger partial charge in [-0.2, -0.15) is 4.31 Å². The third kappa shape index (κ3) is 3.48. The molecule has 0 bridgehead atoms. The van der Waals surface area contributed by atoms with Crippen LogP contribution in [0.1, 0.15) is 31.9 Å². The molecule has 7 nitrogen and oxygen atoms in total. The smallest absolute Gasteiger partial charge is 0.245 e. The van der Waals surface area contributed by atoms with E-state index in [0.29, 0.717) is 37.3 Å². The first kappa shape index (κ1) is 19.1. The van der Waals surface area contributed by atoms with E-state index in [4.69, 9.17) is 9.47 Å². The number of sulfonamides is 1. The van der Waals surface area contributed by atoms with Crippen molar-refractivity contribution in [3.63, 3.8) is 0 Å². The molecule has 1 aromatic heterocycles. The first-order valence-corrected chi connectivity index (χ1v) is 11.2. The summed E-state index contributed by atoms with van der Waals surface area (Å²) in [6, 6.07) is 3.59. The highest BCUT2D eigenvalue weighted by Crippen LogP contribution is 2.40. The van der Waals surface area contributed by atoms with Gasteiger partial charge >= 0.3 is 0 Å². The molecule has 1 spiro atoms. The van der Waals surface area contributed by atoms with E-state index in [1.54, 1.807) is 19.1 Å². The van der Waals surface area contributed by atoms with Gasteiger partial charge in [-0.15, -0.1) is 0 Å². The van der Waals surface area contributed by atoms with Crippen molar-refractivity contribution < 1.29 is 17.9 Å². The van der Waals surface area contributed by atoms with Gasteiger partial charge in [-0.25, -0.2) is 13.4 Å². The predicted octanol–water partition coefficient (Wildman–Crippen LogP) is 1.66. The van der Waals surface area contributed by atoms with Gasteiger partial charge in [0.05, 0.1) is 25.0 Å². The van der Waals surface area contributed by atoms with Crippen molar-refractivity contribution in [3.05, 3.63) is 17.8 Å². The fraction of sp³-hybridized carbons (Fsp3) is 0.737. The molecule has 3 aliphatic heterocycles. The number of rotatable bonds is 4. The molecule has 0 saturated carbocycles. The van der Waals surface area contributed by atoms with Crippen molar-refractivity contribution >= 4 is 10.0 Å². The molecule has 0 aliphatic carbocycles. The van der Waals surface area contributed by atoms with Gasteiger partial charge in [-0.05, 0) is 51.3 Å². The Balaban J connectivity index is 1.40. The quantitative estimate of drug-likeness (QED) is 0.772.